The molecule has 0 saturated carbocycles. The van der Waals surface area contributed by atoms with Crippen molar-refractivity contribution in [3.05, 3.63) is 35.9 Å². The van der Waals surface area contributed by atoms with Gasteiger partial charge in [-0.2, -0.15) is 0 Å². The standard InChI is InChI=1S/C22H30N4O7/c1-13(23)19(29)24-15(9-10-18(27)28)21(31)26-12-11-17(26)20(30)25-16(22(32)33)8-7-14-5-3-2-4-6-14/h2-6,13,15-17H,7-12,23H2,1H3,(H,24,29)(H,25,30)(H,27,28)(H,32,33)/t13-,15?,16-,17-/m0/s1. The van der Waals surface area contributed by atoms with Crippen LogP contribution in [0.25, 0.3) is 0 Å². The molecule has 1 unspecified atom stereocenters. The fraction of sp³-hybridized carbons (Fsp3) is 0.500. The summed E-state index contributed by atoms with van der Waals surface area (Å²) < 4.78 is 0. The predicted octanol–water partition coefficient (Wildman–Crippen LogP) is -0.514. The van der Waals surface area contributed by atoms with Gasteiger partial charge >= 0.3 is 11.9 Å². The molecule has 11 heteroatoms. The summed E-state index contributed by atoms with van der Waals surface area (Å²) in [7, 11) is 0. The van der Waals surface area contributed by atoms with Crippen LogP contribution in [0.1, 0.15) is 38.2 Å². The molecule has 180 valence electrons. The minimum Gasteiger partial charge on any atom is -0.481 e. The first-order chi connectivity index (χ1) is 15.6. The van der Waals surface area contributed by atoms with Crippen LogP contribution in [0.15, 0.2) is 30.3 Å². The van der Waals surface area contributed by atoms with Crippen molar-refractivity contribution >= 4 is 29.7 Å². The fourth-order valence-electron chi connectivity index (χ4n) is 3.43. The molecule has 11 nitrogen and oxygen atoms in total. The third kappa shape index (κ3) is 7.56. The van der Waals surface area contributed by atoms with Crippen LogP contribution >= 0.6 is 0 Å². The van der Waals surface area contributed by atoms with Crippen LogP contribution in [0.5, 0.6) is 0 Å². The number of nitrogens with two attached hydrogens (primary N) is 1. The van der Waals surface area contributed by atoms with Crippen LogP contribution in [0, 0.1) is 0 Å². The van der Waals surface area contributed by atoms with Gasteiger partial charge in [0, 0.05) is 13.0 Å². The zero-order valence-electron chi connectivity index (χ0n) is 18.4. The Labute approximate surface area is 191 Å². The normalized spacial score (nSPS) is 17.8. The van der Waals surface area contributed by atoms with Crippen molar-refractivity contribution in [2.75, 3.05) is 6.54 Å². The highest BCUT2D eigenvalue weighted by Gasteiger charge is 2.41. The molecule has 3 amide bonds. The van der Waals surface area contributed by atoms with Gasteiger partial charge in [0.2, 0.25) is 17.7 Å². The Hall–Kier alpha value is -3.47. The molecule has 1 aromatic carbocycles. The number of nitrogens with one attached hydrogen (secondary N) is 2. The van der Waals surface area contributed by atoms with Gasteiger partial charge in [0.05, 0.1) is 6.04 Å². The first kappa shape index (κ1) is 25.8. The average molecular weight is 463 g/mol. The monoisotopic (exact) mass is 462 g/mol. The molecule has 0 aliphatic carbocycles. The van der Waals surface area contributed by atoms with E-state index in [1.54, 1.807) is 0 Å². The van der Waals surface area contributed by atoms with Crippen molar-refractivity contribution in [3.63, 3.8) is 0 Å². The number of aryl methyl sites for hydroxylation is 1. The van der Waals surface area contributed by atoms with Crippen LogP contribution in [-0.4, -0.2) is 75.5 Å². The molecule has 1 aromatic rings. The van der Waals surface area contributed by atoms with Crippen LogP contribution < -0.4 is 16.4 Å². The molecule has 4 atom stereocenters. The molecule has 1 fully saturated rings. The summed E-state index contributed by atoms with van der Waals surface area (Å²) in [6.07, 6.45) is 0.437. The Bertz CT molecular complexity index is 875. The highest BCUT2D eigenvalue weighted by molar-refractivity contribution is 5.95. The molecule has 0 bridgehead atoms. The fourth-order valence-corrected chi connectivity index (χ4v) is 3.43. The van der Waals surface area contributed by atoms with Crippen molar-refractivity contribution in [1.29, 1.82) is 0 Å². The number of hydrogen-bond acceptors (Lipinski definition) is 6. The number of amides is 3. The summed E-state index contributed by atoms with van der Waals surface area (Å²) in [5.41, 5.74) is 6.45. The Morgan fingerprint density at radius 2 is 1.73 bits per heavy atom. The minimum absolute atomic E-state index is 0.160. The van der Waals surface area contributed by atoms with Crippen LogP contribution in [0.3, 0.4) is 0 Å². The van der Waals surface area contributed by atoms with E-state index in [0.29, 0.717) is 12.8 Å². The van der Waals surface area contributed by atoms with Crippen molar-refractivity contribution < 1.29 is 34.2 Å². The number of carbonyl (C=O) groups excluding carboxylic acids is 3. The summed E-state index contributed by atoms with van der Waals surface area (Å²) >= 11 is 0. The van der Waals surface area contributed by atoms with E-state index in [1.165, 1.54) is 11.8 Å². The molecule has 1 aliphatic heterocycles. The van der Waals surface area contributed by atoms with Crippen LogP contribution in [0.2, 0.25) is 0 Å². The number of aliphatic carboxylic acids is 2. The summed E-state index contributed by atoms with van der Waals surface area (Å²) in [6, 6.07) is 5.18. The largest absolute Gasteiger partial charge is 0.481 e. The lowest BCUT2D eigenvalue weighted by atomic mass is 9.97. The number of carbonyl (C=O) groups is 5. The molecule has 0 radical (unpaired) electrons. The van der Waals surface area contributed by atoms with E-state index in [2.05, 4.69) is 10.6 Å². The molecule has 1 saturated heterocycles. The third-order valence-electron chi connectivity index (χ3n) is 5.46. The SMILES string of the molecule is C[C@H](N)C(=O)NC(CCC(=O)O)C(=O)N1CC[C@H]1C(=O)N[C@@H](CCc1ccccc1)C(=O)O. The smallest absolute Gasteiger partial charge is 0.326 e. The van der Waals surface area contributed by atoms with Gasteiger partial charge in [0.15, 0.2) is 0 Å². The maximum Gasteiger partial charge on any atom is 0.326 e. The van der Waals surface area contributed by atoms with Crippen molar-refractivity contribution in [3.8, 4) is 0 Å². The second-order valence-electron chi connectivity index (χ2n) is 8.04. The van der Waals surface area contributed by atoms with E-state index < -0.39 is 53.8 Å². The number of benzene rings is 1. The van der Waals surface area contributed by atoms with E-state index in [9.17, 15) is 29.1 Å². The maximum atomic E-state index is 12.9. The Balaban J connectivity index is 2.01. The minimum atomic E-state index is -1.18. The number of carboxylic acids is 2. The van der Waals surface area contributed by atoms with Gasteiger partial charge in [-0.15, -0.1) is 0 Å². The van der Waals surface area contributed by atoms with Gasteiger partial charge in [-0.3, -0.25) is 19.2 Å². The van der Waals surface area contributed by atoms with Gasteiger partial charge in [0.25, 0.3) is 0 Å². The summed E-state index contributed by atoms with van der Waals surface area (Å²) in [5.74, 6) is -4.14. The van der Waals surface area contributed by atoms with Gasteiger partial charge < -0.3 is 31.5 Å². The zero-order valence-corrected chi connectivity index (χ0v) is 18.4. The molecular formula is C22H30N4O7. The van der Waals surface area contributed by atoms with Gasteiger partial charge in [-0.1, -0.05) is 30.3 Å². The highest BCUT2D eigenvalue weighted by atomic mass is 16.4. The number of nitrogens with zero attached hydrogens (tertiary/aromatic N) is 1. The number of rotatable bonds is 12. The first-order valence-corrected chi connectivity index (χ1v) is 10.8. The van der Waals surface area contributed by atoms with E-state index >= 15 is 0 Å². The lowest BCUT2D eigenvalue weighted by Crippen LogP contribution is -2.64. The Morgan fingerprint density at radius 3 is 2.24 bits per heavy atom. The van der Waals surface area contributed by atoms with E-state index in [1.807, 2.05) is 30.3 Å². The first-order valence-electron chi connectivity index (χ1n) is 10.8. The van der Waals surface area contributed by atoms with Crippen molar-refractivity contribution in [2.45, 2.75) is 63.2 Å². The Kier molecular flexibility index (Phi) is 9.34. The summed E-state index contributed by atoms with van der Waals surface area (Å²) in [6.45, 7) is 1.66. The number of likely N-dealkylation sites (tertiary alicyclic amines) is 1. The van der Waals surface area contributed by atoms with E-state index in [0.717, 1.165) is 5.56 Å². The van der Waals surface area contributed by atoms with Crippen molar-refractivity contribution in [2.24, 2.45) is 5.73 Å². The lowest BCUT2D eigenvalue weighted by Gasteiger charge is -2.42. The molecule has 1 aliphatic rings. The van der Waals surface area contributed by atoms with Crippen LogP contribution in [-0.2, 0) is 30.4 Å². The molecule has 2 rings (SSSR count). The topological polar surface area (TPSA) is 179 Å². The average Bonchev–Trinajstić information content (AvgIpc) is 2.73. The predicted molar refractivity (Wildman–Crippen MR) is 117 cm³/mol. The number of carboxylic acid groups (broad SMARTS) is 2. The van der Waals surface area contributed by atoms with Gasteiger partial charge in [-0.25, -0.2) is 4.79 Å². The van der Waals surface area contributed by atoms with Gasteiger partial charge in [0.1, 0.15) is 18.1 Å². The van der Waals surface area contributed by atoms with Crippen molar-refractivity contribution in [1.82, 2.24) is 15.5 Å². The molecule has 0 aromatic heterocycles. The second kappa shape index (κ2) is 12.0. The highest BCUT2D eigenvalue weighted by Crippen LogP contribution is 2.20. The molecule has 1 heterocycles. The van der Waals surface area contributed by atoms with Crippen LogP contribution in [0.4, 0.5) is 0 Å². The summed E-state index contributed by atoms with van der Waals surface area (Å²) in [5, 5.41) is 23.4. The molecule has 6 N–H and O–H groups in total. The quantitative estimate of drug-likeness (QED) is 0.275. The van der Waals surface area contributed by atoms with E-state index in [4.69, 9.17) is 10.8 Å². The van der Waals surface area contributed by atoms with E-state index in [-0.39, 0.29) is 25.8 Å². The number of hydrogen-bond donors (Lipinski definition) is 5. The third-order valence-corrected chi connectivity index (χ3v) is 5.46. The molecule has 0 spiro atoms. The molecular weight excluding hydrogens is 432 g/mol. The second-order valence-corrected chi connectivity index (χ2v) is 8.04. The molecule has 33 heavy (non-hydrogen) atoms. The van der Waals surface area contributed by atoms with Gasteiger partial charge in [-0.05, 0) is 38.2 Å². The summed E-state index contributed by atoms with van der Waals surface area (Å²) in [4.78, 5) is 61.4. The maximum absolute atomic E-state index is 12.9. The zero-order chi connectivity index (χ0) is 24.5. The Morgan fingerprint density at radius 1 is 1.06 bits per heavy atom. The lowest BCUT2D eigenvalue weighted by molar-refractivity contribution is -0.152.